The van der Waals surface area contributed by atoms with Crippen LogP contribution in [0, 0.1) is 0 Å². The molecule has 48 heavy (non-hydrogen) atoms. The molecule has 1 saturated carbocycles. The Morgan fingerprint density at radius 1 is 0.854 bits per heavy atom. The van der Waals surface area contributed by atoms with E-state index in [4.69, 9.17) is 27.9 Å². The number of methoxy groups -OCH3 is 1. The van der Waals surface area contributed by atoms with Crippen LogP contribution in [0.1, 0.15) is 43.2 Å². The van der Waals surface area contributed by atoms with Gasteiger partial charge in [0.2, 0.25) is 11.8 Å². The lowest BCUT2D eigenvalue weighted by Gasteiger charge is -2.35. The monoisotopic (exact) mass is 707 g/mol. The third-order valence-corrected chi connectivity index (χ3v) is 11.1. The zero-order valence-corrected chi connectivity index (χ0v) is 29.1. The van der Waals surface area contributed by atoms with Crippen molar-refractivity contribution in [2.45, 2.75) is 62.0 Å². The Morgan fingerprint density at radius 3 is 2.12 bits per heavy atom. The molecule has 0 aliphatic heterocycles. The van der Waals surface area contributed by atoms with Crippen LogP contribution >= 0.6 is 23.2 Å². The molecule has 1 fully saturated rings. The topological polar surface area (TPSA) is 96.0 Å². The summed E-state index contributed by atoms with van der Waals surface area (Å²) < 4.78 is 34.9. The molecule has 0 radical (unpaired) electrons. The van der Waals surface area contributed by atoms with Gasteiger partial charge in [0.1, 0.15) is 18.3 Å². The number of nitrogens with zero attached hydrogens (tertiary/aromatic N) is 2. The summed E-state index contributed by atoms with van der Waals surface area (Å²) in [6.07, 6.45) is 5.04. The molecule has 5 rings (SSSR count). The predicted molar refractivity (Wildman–Crippen MR) is 190 cm³/mol. The molecule has 11 heteroatoms. The lowest BCUT2D eigenvalue weighted by atomic mass is 9.94. The van der Waals surface area contributed by atoms with Crippen LogP contribution in [0.5, 0.6) is 5.75 Å². The minimum absolute atomic E-state index is 0.0113. The lowest BCUT2D eigenvalue weighted by molar-refractivity contribution is -0.140. The largest absolute Gasteiger partial charge is 0.497 e. The van der Waals surface area contributed by atoms with Gasteiger partial charge in [-0.25, -0.2) is 8.42 Å². The van der Waals surface area contributed by atoms with Crippen LogP contribution in [0.25, 0.3) is 0 Å². The van der Waals surface area contributed by atoms with Gasteiger partial charge in [-0.15, -0.1) is 0 Å². The summed E-state index contributed by atoms with van der Waals surface area (Å²) in [5.74, 6) is -0.504. The van der Waals surface area contributed by atoms with E-state index in [9.17, 15) is 18.0 Å². The summed E-state index contributed by atoms with van der Waals surface area (Å²) in [5.41, 5.74) is 1.52. The van der Waals surface area contributed by atoms with Crippen LogP contribution in [0.2, 0.25) is 10.0 Å². The molecule has 4 aromatic rings. The first-order valence-corrected chi connectivity index (χ1v) is 18.2. The van der Waals surface area contributed by atoms with Crippen LogP contribution in [0.4, 0.5) is 5.69 Å². The van der Waals surface area contributed by atoms with E-state index in [2.05, 4.69) is 5.32 Å². The molecule has 2 amide bonds. The van der Waals surface area contributed by atoms with Crippen molar-refractivity contribution >= 4 is 50.7 Å². The third kappa shape index (κ3) is 8.69. The van der Waals surface area contributed by atoms with Crippen LogP contribution < -0.4 is 14.4 Å². The minimum Gasteiger partial charge on any atom is -0.497 e. The van der Waals surface area contributed by atoms with E-state index < -0.39 is 28.5 Å². The summed E-state index contributed by atoms with van der Waals surface area (Å²) in [5, 5.41) is 3.85. The fourth-order valence-corrected chi connectivity index (χ4v) is 7.91. The molecule has 4 aromatic carbocycles. The number of hydrogen-bond acceptors (Lipinski definition) is 5. The van der Waals surface area contributed by atoms with Gasteiger partial charge in [0.25, 0.3) is 10.0 Å². The van der Waals surface area contributed by atoms with Crippen molar-refractivity contribution in [3.05, 3.63) is 124 Å². The standard InChI is InChI=1S/C37H39Cl2N3O5S/c1-47-30-18-11-17-29(24-30)42(48(45,46)31-19-9-4-10-20-31)26-36(43)41(25-32-33(38)21-12-22-34(32)39)35(23-27-13-5-2-6-14-27)37(44)40-28-15-7-3-8-16-28/h2,4-6,9-14,17-22,24,28,35H,3,7-8,15-16,23,25-26H2,1H3,(H,40,44). The van der Waals surface area contributed by atoms with Crippen molar-refractivity contribution < 1.29 is 22.7 Å². The predicted octanol–water partition coefficient (Wildman–Crippen LogP) is 7.29. The molecule has 0 heterocycles. The lowest BCUT2D eigenvalue weighted by Crippen LogP contribution is -2.55. The van der Waals surface area contributed by atoms with E-state index in [0.717, 1.165) is 42.0 Å². The fourth-order valence-electron chi connectivity index (χ4n) is 5.97. The van der Waals surface area contributed by atoms with Crippen LogP contribution in [0.15, 0.2) is 108 Å². The Balaban J connectivity index is 1.59. The molecule has 8 nitrogen and oxygen atoms in total. The van der Waals surface area contributed by atoms with Crippen molar-refractivity contribution in [3.63, 3.8) is 0 Å². The number of halogens is 2. The number of hydrogen-bond donors (Lipinski definition) is 1. The van der Waals surface area contributed by atoms with E-state index in [-0.39, 0.29) is 35.5 Å². The second kappa shape index (κ2) is 16.4. The molecular formula is C37H39Cl2N3O5S. The van der Waals surface area contributed by atoms with Crippen LogP contribution in [0.3, 0.4) is 0 Å². The Bertz CT molecular complexity index is 1780. The van der Waals surface area contributed by atoms with Gasteiger partial charge in [-0.3, -0.25) is 13.9 Å². The van der Waals surface area contributed by atoms with Gasteiger partial charge in [0.15, 0.2) is 0 Å². The highest BCUT2D eigenvalue weighted by atomic mass is 35.5. The Hall–Kier alpha value is -4.05. The number of anilines is 1. The van der Waals surface area contributed by atoms with Gasteiger partial charge in [-0.2, -0.15) is 0 Å². The highest BCUT2D eigenvalue weighted by Gasteiger charge is 2.36. The SMILES string of the molecule is COc1cccc(N(CC(=O)N(Cc2c(Cl)cccc2Cl)C(Cc2ccccc2)C(=O)NC2CCCCC2)S(=O)(=O)c2ccccc2)c1. The summed E-state index contributed by atoms with van der Waals surface area (Å²) in [4.78, 5) is 30.4. The Labute approximate surface area is 292 Å². The molecule has 1 atom stereocenters. The van der Waals surface area contributed by atoms with E-state index in [1.165, 1.54) is 24.1 Å². The first-order chi connectivity index (χ1) is 23.2. The minimum atomic E-state index is -4.25. The fraction of sp³-hybridized carbons (Fsp3) is 0.297. The highest BCUT2D eigenvalue weighted by molar-refractivity contribution is 7.92. The summed E-state index contributed by atoms with van der Waals surface area (Å²) in [6.45, 7) is -0.723. The zero-order chi connectivity index (χ0) is 34.1. The number of amides is 2. The normalized spacial score (nSPS) is 14.1. The summed E-state index contributed by atoms with van der Waals surface area (Å²) in [7, 11) is -2.77. The first kappa shape index (κ1) is 35.3. The van der Waals surface area contributed by atoms with Gasteiger partial charge in [-0.1, -0.05) is 103 Å². The number of carbonyl (C=O) groups is 2. The smallest absolute Gasteiger partial charge is 0.264 e. The third-order valence-electron chi connectivity index (χ3n) is 8.56. The van der Waals surface area contributed by atoms with Gasteiger partial charge in [0.05, 0.1) is 17.7 Å². The maximum Gasteiger partial charge on any atom is 0.264 e. The second-order valence-corrected chi connectivity index (χ2v) is 14.5. The Kier molecular flexibility index (Phi) is 12.0. The molecule has 0 saturated heterocycles. The number of rotatable bonds is 13. The molecule has 1 N–H and O–H groups in total. The number of ether oxygens (including phenoxy) is 1. The molecular weight excluding hydrogens is 669 g/mol. The Morgan fingerprint density at radius 2 is 1.48 bits per heavy atom. The van der Waals surface area contributed by atoms with Crippen molar-refractivity contribution in [2.24, 2.45) is 0 Å². The molecule has 1 unspecified atom stereocenters. The van der Waals surface area contributed by atoms with E-state index in [1.807, 2.05) is 30.3 Å². The van der Waals surface area contributed by atoms with Crippen molar-refractivity contribution in [2.75, 3.05) is 18.0 Å². The number of sulfonamides is 1. The molecule has 1 aliphatic rings. The summed E-state index contributed by atoms with van der Waals surface area (Å²) >= 11 is 13.2. The van der Waals surface area contributed by atoms with Gasteiger partial charge in [-0.05, 0) is 54.8 Å². The maximum atomic E-state index is 14.7. The van der Waals surface area contributed by atoms with Crippen LogP contribution in [-0.2, 0) is 32.6 Å². The van der Waals surface area contributed by atoms with Gasteiger partial charge in [0, 0.05) is 40.7 Å². The molecule has 0 aromatic heterocycles. The zero-order valence-electron chi connectivity index (χ0n) is 26.7. The molecule has 252 valence electrons. The van der Waals surface area contributed by atoms with E-state index >= 15 is 0 Å². The number of benzene rings is 4. The van der Waals surface area contributed by atoms with Crippen molar-refractivity contribution in [3.8, 4) is 5.75 Å². The van der Waals surface area contributed by atoms with Crippen molar-refractivity contribution in [1.29, 1.82) is 0 Å². The summed E-state index contributed by atoms with van der Waals surface area (Å²) in [6, 6.07) is 27.9. The molecule has 0 bridgehead atoms. The molecule has 0 spiro atoms. The average molecular weight is 709 g/mol. The van der Waals surface area contributed by atoms with Gasteiger partial charge < -0.3 is 15.0 Å². The number of carbonyl (C=O) groups excluding carboxylic acids is 2. The second-order valence-electron chi connectivity index (χ2n) is 11.8. The average Bonchev–Trinajstić information content (AvgIpc) is 3.11. The highest BCUT2D eigenvalue weighted by Crippen LogP contribution is 2.30. The van der Waals surface area contributed by atoms with E-state index in [0.29, 0.717) is 21.4 Å². The maximum absolute atomic E-state index is 14.7. The quantitative estimate of drug-likeness (QED) is 0.158. The van der Waals surface area contributed by atoms with E-state index in [1.54, 1.807) is 60.7 Å². The number of nitrogens with one attached hydrogen (secondary N) is 1. The van der Waals surface area contributed by atoms with Gasteiger partial charge >= 0.3 is 0 Å². The first-order valence-electron chi connectivity index (χ1n) is 16.0. The van der Waals surface area contributed by atoms with Crippen LogP contribution in [-0.4, -0.2) is 50.9 Å². The molecule has 1 aliphatic carbocycles. The van der Waals surface area contributed by atoms with Crippen molar-refractivity contribution in [1.82, 2.24) is 10.2 Å².